The Kier molecular flexibility index (Phi) is 24.0. The van der Waals surface area contributed by atoms with Crippen molar-refractivity contribution in [3.05, 3.63) is 71.6 Å². The molecule has 0 aromatic heterocycles. The van der Waals surface area contributed by atoms with Crippen molar-refractivity contribution >= 4 is 28.5 Å². The largest absolute Gasteiger partial charge is 1.00 e. The minimum Gasteiger partial charge on any atom is -1.00 e. The van der Waals surface area contributed by atoms with E-state index in [0.29, 0.717) is 38.3 Å². The van der Waals surface area contributed by atoms with E-state index >= 15 is 0 Å². The molecule has 0 radical (unpaired) electrons. The Bertz CT molecular complexity index is 1850. The van der Waals surface area contributed by atoms with Crippen LogP contribution in [0.25, 0.3) is 33.4 Å². The van der Waals surface area contributed by atoms with Crippen molar-refractivity contribution in [2.45, 2.75) is 137 Å². The van der Waals surface area contributed by atoms with Gasteiger partial charge in [0.1, 0.15) is 24.4 Å². The lowest BCUT2D eigenvalue weighted by Gasteiger charge is -2.22. The van der Waals surface area contributed by atoms with Gasteiger partial charge in [-0.05, 0) is 63.9 Å². The van der Waals surface area contributed by atoms with Gasteiger partial charge in [0.05, 0.1) is 19.3 Å². The second-order valence-electron chi connectivity index (χ2n) is 15.6. The second kappa shape index (κ2) is 28.6. The van der Waals surface area contributed by atoms with Gasteiger partial charge in [-0.2, -0.15) is 0 Å². The zero-order valence-corrected chi connectivity index (χ0v) is 37.9. The highest BCUT2D eigenvalue weighted by atomic mass is 35.5. The fourth-order valence-corrected chi connectivity index (χ4v) is 8.07. The number of rotatable bonds is 29. The van der Waals surface area contributed by atoms with Crippen LogP contribution in [-0.2, 0) is 9.53 Å². The maximum absolute atomic E-state index is 13.8. The van der Waals surface area contributed by atoms with Gasteiger partial charge < -0.3 is 37.1 Å². The molecule has 2 amide bonds. The van der Waals surface area contributed by atoms with Crippen LogP contribution in [0.15, 0.2) is 65.1 Å². The number of anilines is 1. The zero-order valence-electron chi connectivity index (χ0n) is 37.1. The first-order valence-corrected chi connectivity index (χ1v) is 23.0. The summed E-state index contributed by atoms with van der Waals surface area (Å²) in [4.78, 5) is 28.4. The van der Waals surface area contributed by atoms with E-state index < -0.39 is 0 Å². The van der Waals surface area contributed by atoms with Gasteiger partial charge in [0, 0.05) is 72.5 Å². The molecule has 0 fully saturated rings. The standard InChI is InChI=1S/C50H74N4O4.ClH/c1-6-11-12-13-14-15-16-17-18-19-20-21-22-23-24-29-48(55)51-34-36-57-37-35-52-50(56)43-28-26-25-27-42(43)49-44-32-30-40(53(7-2)8-3)38-46(44)58-47-39-41(31-33-45(47)49)54(9-4)10-5;/h25-28,30-33,38-39H,6-24,29,34-37H2,1-5H3,(H-,51,52,55,56);1H. The van der Waals surface area contributed by atoms with Gasteiger partial charge >= 0.3 is 0 Å². The van der Waals surface area contributed by atoms with Gasteiger partial charge in [-0.1, -0.05) is 115 Å². The van der Waals surface area contributed by atoms with Gasteiger partial charge in [0.2, 0.25) is 11.3 Å². The smallest absolute Gasteiger partial charge is 0.251 e. The number of benzene rings is 3. The third kappa shape index (κ3) is 15.9. The Labute approximate surface area is 362 Å². The number of fused-ring (bicyclic) bond motifs is 2. The fraction of sp³-hybridized carbons (Fsp3) is 0.580. The van der Waals surface area contributed by atoms with E-state index in [4.69, 9.17) is 9.15 Å². The molecule has 4 rings (SSSR count). The second-order valence-corrected chi connectivity index (χ2v) is 15.6. The van der Waals surface area contributed by atoms with Gasteiger partial charge in [0.25, 0.3) is 5.91 Å². The number of nitrogens with one attached hydrogen (secondary N) is 2. The van der Waals surface area contributed by atoms with Crippen molar-refractivity contribution in [2.24, 2.45) is 0 Å². The number of hydrogen-bond donors (Lipinski definition) is 2. The van der Waals surface area contributed by atoms with Gasteiger partial charge in [-0.25, -0.2) is 4.58 Å². The Morgan fingerprint density at radius 2 is 1.25 bits per heavy atom. The Morgan fingerprint density at radius 1 is 0.661 bits per heavy atom. The van der Waals surface area contributed by atoms with Crippen LogP contribution in [0.3, 0.4) is 0 Å². The third-order valence-electron chi connectivity index (χ3n) is 11.5. The summed E-state index contributed by atoms with van der Waals surface area (Å²) < 4.78 is 14.7. The maximum atomic E-state index is 13.8. The molecule has 9 heteroatoms. The van der Waals surface area contributed by atoms with Crippen LogP contribution < -0.4 is 37.9 Å². The van der Waals surface area contributed by atoms with Crippen LogP contribution in [0.4, 0.5) is 5.69 Å². The van der Waals surface area contributed by atoms with Crippen molar-refractivity contribution in [3.8, 4) is 22.5 Å². The Balaban J connectivity index is 0.00000930. The number of nitrogens with zero attached hydrogens (tertiary/aromatic N) is 2. The van der Waals surface area contributed by atoms with E-state index in [1.807, 2.05) is 24.3 Å². The number of carbonyl (C=O) groups is 2. The molecule has 1 aliphatic carbocycles. The highest BCUT2D eigenvalue weighted by Gasteiger charge is 2.23. The first-order valence-electron chi connectivity index (χ1n) is 23.0. The van der Waals surface area contributed by atoms with Crippen LogP contribution in [-0.4, -0.2) is 64.3 Å². The van der Waals surface area contributed by atoms with Gasteiger partial charge in [-0.15, -0.1) is 0 Å². The van der Waals surface area contributed by atoms with Crippen LogP contribution in [0, 0.1) is 0 Å². The monoisotopic (exact) mass is 831 g/mol. The molecule has 2 aromatic carbocycles. The molecule has 0 unspecified atom stereocenters. The summed E-state index contributed by atoms with van der Waals surface area (Å²) in [5.74, 6) is 0.720. The van der Waals surface area contributed by atoms with Crippen LogP contribution in [0.5, 0.6) is 0 Å². The predicted molar refractivity (Wildman–Crippen MR) is 244 cm³/mol. The van der Waals surface area contributed by atoms with Gasteiger partial charge in [0.15, 0.2) is 0 Å². The van der Waals surface area contributed by atoms with Gasteiger partial charge in [-0.3, -0.25) is 9.59 Å². The number of amides is 2. The number of carbonyl (C=O) groups excluding carboxylic acids is 2. The SMILES string of the molecule is CCCCCCCCCCCCCCCCCC(=O)NCCOCCNC(=O)c1ccccc1-c1c2ccc(=[N+](CC)CC)cc-2oc2cc(N(CC)CC)ccc12.[Cl-]. The number of hydrogen-bond acceptors (Lipinski definition) is 5. The lowest BCUT2D eigenvalue weighted by atomic mass is 9.90. The van der Waals surface area contributed by atoms with Crippen molar-refractivity contribution in [3.63, 3.8) is 0 Å². The minimum absolute atomic E-state index is 0. The Hall–Kier alpha value is -3.88. The molecule has 2 N–H and O–H groups in total. The van der Waals surface area contributed by atoms with E-state index in [0.717, 1.165) is 83.5 Å². The third-order valence-corrected chi connectivity index (χ3v) is 11.5. The maximum Gasteiger partial charge on any atom is 0.251 e. The minimum atomic E-state index is -0.155. The summed E-state index contributed by atoms with van der Waals surface area (Å²) in [5.41, 5.74) is 5.30. The van der Waals surface area contributed by atoms with E-state index in [1.165, 1.54) is 83.5 Å². The summed E-state index contributed by atoms with van der Waals surface area (Å²) >= 11 is 0. The summed E-state index contributed by atoms with van der Waals surface area (Å²) in [6, 6.07) is 20.6. The zero-order chi connectivity index (χ0) is 41.4. The molecule has 59 heavy (non-hydrogen) atoms. The van der Waals surface area contributed by atoms with E-state index in [-0.39, 0.29) is 24.2 Å². The van der Waals surface area contributed by atoms with E-state index in [2.05, 4.69) is 91.1 Å². The molecule has 0 spiro atoms. The molecule has 0 atom stereocenters. The molecular weight excluding hydrogens is 756 g/mol. The molecule has 2 aromatic rings. The molecule has 1 heterocycles. The van der Waals surface area contributed by atoms with Crippen LogP contribution >= 0.6 is 0 Å². The Morgan fingerprint density at radius 3 is 1.86 bits per heavy atom. The predicted octanol–water partition coefficient (Wildman–Crippen LogP) is 7.99. The summed E-state index contributed by atoms with van der Waals surface area (Å²) in [7, 11) is 0. The van der Waals surface area contributed by atoms with E-state index in [9.17, 15) is 9.59 Å². The number of halogens is 1. The van der Waals surface area contributed by atoms with Crippen LogP contribution in [0.2, 0.25) is 0 Å². The summed E-state index contributed by atoms with van der Waals surface area (Å²) in [6.07, 6.45) is 20.3. The van der Waals surface area contributed by atoms with E-state index in [1.54, 1.807) is 0 Å². The highest BCUT2D eigenvalue weighted by Crippen LogP contribution is 2.42. The fourth-order valence-electron chi connectivity index (χ4n) is 8.07. The molecule has 1 aliphatic heterocycles. The first-order chi connectivity index (χ1) is 28.4. The molecule has 0 saturated heterocycles. The number of unbranched alkanes of at least 4 members (excludes halogenated alkanes) is 14. The van der Waals surface area contributed by atoms with Crippen molar-refractivity contribution < 1.29 is 31.2 Å². The van der Waals surface area contributed by atoms with Crippen LogP contribution in [0.1, 0.15) is 148 Å². The average molecular weight is 832 g/mol. The normalized spacial score (nSPS) is 11.1. The summed E-state index contributed by atoms with van der Waals surface area (Å²) in [5, 5.41) is 8.12. The molecule has 0 saturated carbocycles. The first kappa shape index (κ1) is 49.5. The van der Waals surface area contributed by atoms with Crippen molar-refractivity contribution in [1.82, 2.24) is 15.2 Å². The summed E-state index contributed by atoms with van der Waals surface area (Å²) in [6.45, 7) is 16.1. The molecule has 326 valence electrons. The lowest BCUT2D eigenvalue weighted by Crippen LogP contribution is -3.00. The molecule has 8 nitrogen and oxygen atoms in total. The molecular formula is C50H75ClN4O4. The average Bonchev–Trinajstić information content (AvgIpc) is 3.24. The molecule has 2 aliphatic rings. The number of ether oxygens (including phenoxy) is 1. The lowest BCUT2D eigenvalue weighted by molar-refractivity contribution is -0.121. The highest BCUT2D eigenvalue weighted by molar-refractivity contribution is 6.09. The molecule has 0 bridgehead atoms. The van der Waals surface area contributed by atoms with Crippen molar-refractivity contribution in [1.29, 1.82) is 0 Å². The quantitative estimate of drug-likeness (QED) is 0.0330. The topological polar surface area (TPSA) is 86.8 Å². The van der Waals surface area contributed by atoms with Crippen molar-refractivity contribution in [2.75, 3.05) is 57.4 Å².